The molecule has 0 radical (unpaired) electrons. The van der Waals surface area contributed by atoms with Gasteiger partial charge < -0.3 is 14.6 Å². The van der Waals surface area contributed by atoms with Crippen LogP contribution in [0.1, 0.15) is 18.4 Å². The number of hydrogen-bond donors (Lipinski definition) is 1. The predicted octanol–water partition coefficient (Wildman–Crippen LogP) is 2.27. The monoisotopic (exact) mass is 341 g/mol. The Bertz CT molecular complexity index is 534. The molecule has 2 aliphatic heterocycles. The van der Waals surface area contributed by atoms with E-state index in [4.69, 9.17) is 9.47 Å². The van der Waals surface area contributed by atoms with Crippen molar-refractivity contribution in [2.24, 2.45) is 0 Å². The summed E-state index contributed by atoms with van der Waals surface area (Å²) in [6.45, 7) is 2.54. The zero-order valence-electron chi connectivity index (χ0n) is 11.0. The molecule has 2 heterocycles. The second kappa shape index (κ2) is 5.61. The fraction of sp³-hybridized carbons (Fsp3) is 0.500. The standard InChI is InChI=1S/C14H16BrNO4/c15-10-6-9(7-12-13(10)20-5-4-19-12)8-16-3-1-2-11(16)14(17)18/h6-7,11H,1-5,8H2,(H,17,18)/t11-/m0/s1. The summed E-state index contributed by atoms with van der Waals surface area (Å²) in [6, 6.07) is 3.54. The molecule has 2 aliphatic rings. The van der Waals surface area contributed by atoms with Crippen molar-refractivity contribution in [3.63, 3.8) is 0 Å². The third-order valence-corrected chi connectivity index (χ3v) is 4.28. The third kappa shape index (κ3) is 2.62. The number of halogens is 1. The zero-order chi connectivity index (χ0) is 14.1. The number of fused-ring (bicyclic) bond motifs is 1. The third-order valence-electron chi connectivity index (χ3n) is 3.69. The number of carbonyl (C=O) groups is 1. The van der Waals surface area contributed by atoms with E-state index in [0.717, 1.165) is 40.9 Å². The molecular formula is C14H16BrNO4. The van der Waals surface area contributed by atoms with Gasteiger partial charge in [-0.3, -0.25) is 9.69 Å². The summed E-state index contributed by atoms with van der Waals surface area (Å²) in [5.41, 5.74) is 1.04. The highest BCUT2D eigenvalue weighted by Crippen LogP contribution is 2.39. The average molecular weight is 342 g/mol. The number of carboxylic acids is 1. The highest BCUT2D eigenvalue weighted by atomic mass is 79.9. The number of aliphatic carboxylic acids is 1. The van der Waals surface area contributed by atoms with Crippen molar-refractivity contribution < 1.29 is 19.4 Å². The van der Waals surface area contributed by atoms with Crippen LogP contribution in [-0.2, 0) is 11.3 Å². The molecule has 0 aliphatic carbocycles. The number of ether oxygens (including phenoxy) is 2. The number of carboxylic acid groups (broad SMARTS) is 1. The van der Waals surface area contributed by atoms with Gasteiger partial charge in [0.1, 0.15) is 19.3 Å². The summed E-state index contributed by atoms with van der Waals surface area (Å²) in [5, 5.41) is 9.21. The summed E-state index contributed by atoms with van der Waals surface area (Å²) in [6.07, 6.45) is 1.66. The maximum atomic E-state index is 11.2. The van der Waals surface area contributed by atoms with Crippen molar-refractivity contribution in [1.82, 2.24) is 4.90 Å². The Kier molecular flexibility index (Phi) is 3.85. The largest absolute Gasteiger partial charge is 0.486 e. The van der Waals surface area contributed by atoms with Gasteiger partial charge in [-0.25, -0.2) is 0 Å². The number of rotatable bonds is 3. The molecular weight excluding hydrogens is 326 g/mol. The minimum atomic E-state index is -0.737. The maximum absolute atomic E-state index is 11.2. The molecule has 1 aromatic carbocycles. The van der Waals surface area contributed by atoms with Gasteiger partial charge in [-0.05, 0) is 53.0 Å². The summed E-state index contributed by atoms with van der Waals surface area (Å²) < 4.78 is 12.0. The molecule has 0 unspecified atom stereocenters. The lowest BCUT2D eigenvalue weighted by Crippen LogP contribution is -2.35. The predicted molar refractivity (Wildman–Crippen MR) is 76.2 cm³/mol. The van der Waals surface area contributed by atoms with E-state index in [1.54, 1.807) is 0 Å². The first kappa shape index (κ1) is 13.7. The number of nitrogens with zero attached hydrogens (tertiary/aromatic N) is 1. The van der Waals surface area contributed by atoms with Crippen LogP contribution in [0.4, 0.5) is 0 Å². The molecule has 0 bridgehead atoms. The van der Waals surface area contributed by atoms with Gasteiger partial charge in [-0.2, -0.15) is 0 Å². The summed E-state index contributed by atoms with van der Waals surface area (Å²) >= 11 is 3.49. The highest BCUT2D eigenvalue weighted by Gasteiger charge is 2.30. The van der Waals surface area contributed by atoms with Gasteiger partial charge in [0.05, 0.1) is 4.47 Å². The highest BCUT2D eigenvalue weighted by molar-refractivity contribution is 9.10. The molecule has 0 spiro atoms. The number of benzene rings is 1. The molecule has 1 fully saturated rings. The van der Waals surface area contributed by atoms with Crippen LogP contribution in [0.2, 0.25) is 0 Å². The van der Waals surface area contributed by atoms with Gasteiger partial charge in [-0.1, -0.05) is 0 Å². The Balaban J connectivity index is 1.81. The van der Waals surface area contributed by atoms with Crippen molar-refractivity contribution in [3.05, 3.63) is 22.2 Å². The Labute approximate surface area is 125 Å². The van der Waals surface area contributed by atoms with Gasteiger partial charge in [0, 0.05) is 6.54 Å². The topological polar surface area (TPSA) is 59.0 Å². The Morgan fingerprint density at radius 2 is 2.20 bits per heavy atom. The van der Waals surface area contributed by atoms with Crippen LogP contribution in [0.25, 0.3) is 0 Å². The van der Waals surface area contributed by atoms with Gasteiger partial charge in [0.2, 0.25) is 0 Å². The van der Waals surface area contributed by atoms with Crippen molar-refractivity contribution in [3.8, 4) is 11.5 Å². The molecule has 0 aromatic heterocycles. The van der Waals surface area contributed by atoms with E-state index in [2.05, 4.69) is 15.9 Å². The minimum Gasteiger partial charge on any atom is -0.486 e. The first-order valence-electron chi connectivity index (χ1n) is 6.70. The normalized spacial score (nSPS) is 21.9. The lowest BCUT2D eigenvalue weighted by molar-refractivity contribution is -0.142. The number of hydrogen-bond acceptors (Lipinski definition) is 4. The maximum Gasteiger partial charge on any atom is 0.320 e. The lowest BCUT2D eigenvalue weighted by atomic mass is 10.1. The second-order valence-electron chi connectivity index (χ2n) is 5.07. The second-order valence-corrected chi connectivity index (χ2v) is 5.92. The van der Waals surface area contributed by atoms with Crippen molar-refractivity contribution >= 4 is 21.9 Å². The molecule has 1 aromatic rings. The Hall–Kier alpha value is -1.27. The Morgan fingerprint density at radius 1 is 1.40 bits per heavy atom. The van der Waals surface area contributed by atoms with E-state index in [-0.39, 0.29) is 6.04 Å². The SMILES string of the molecule is O=C(O)[C@@H]1CCCN1Cc1cc(Br)c2c(c1)OCCO2. The fourth-order valence-electron chi connectivity index (χ4n) is 2.79. The zero-order valence-corrected chi connectivity index (χ0v) is 12.6. The van der Waals surface area contributed by atoms with E-state index in [0.29, 0.717) is 19.8 Å². The van der Waals surface area contributed by atoms with Crippen LogP contribution < -0.4 is 9.47 Å². The summed E-state index contributed by atoms with van der Waals surface area (Å²) in [7, 11) is 0. The van der Waals surface area contributed by atoms with Crippen molar-refractivity contribution in [2.45, 2.75) is 25.4 Å². The first-order chi connectivity index (χ1) is 9.65. The number of likely N-dealkylation sites (tertiary alicyclic amines) is 1. The van der Waals surface area contributed by atoms with Crippen molar-refractivity contribution in [2.75, 3.05) is 19.8 Å². The molecule has 1 atom stereocenters. The van der Waals surface area contributed by atoms with Gasteiger partial charge in [0.15, 0.2) is 11.5 Å². The molecule has 0 amide bonds. The fourth-order valence-corrected chi connectivity index (χ4v) is 3.39. The van der Waals surface area contributed by atoms with E-state index in [1.165, 1.54) is 0 Å². The summed E-state index contributed by atoms with van der Waals surface area (Å²) in [5.74, 6) is 0.724. The summed E-state index contributed by atoms with van der Waals surface area (Å²) in [4.78, 5) is 13.2. The van der Waals surface area contributed by atoms with E-state index in [1.807, 2.05) is 17.0 Å². The van der Waals surface area contributed by atoms with Crippen LogP contribution in [0.15, 0.2) is 16.6 Å². The first-order valence-corrected chi connectivity index (χ1v) is 7.49. The van der Waals surface area contributed by atoms with Crippen molar-refractivity contribution in [1.29, 1.82) is 0 Å². The van der Waals surface area contributed by atoms with Crippen LogP contribution in [-0.4, -0.2) is 41.8 Å². The Morgan fingerprint density at radius 3 is 3.00 bits per heavy atom. The smallest absolute Gasteiger partial charge is 0.320 e. The molecule has 1 N–H and O–H groups in total. The van der Waals surface area contributed by atoms with Crippen LogP contribution in [0.3, 0.4) is 0 Å². The molecule has 6 heteroatoms. The van der Waals surface area contributed by atoms with Gasteiger partial charge >= 0.3 is 5.97 Å². The molecule has 108 valence electrons. The van der Waals surface area contributed by atoms with E-state index < -0.39 is 5.97 Å². The minimum absolute atomic E-state index is 0.373. The van der Waals surface area contributed by atoms with Crippen LogP contribution in [0.5, 0.6) is 11.5 Å². The molecule has 20 heavy (non-hydrogen) atoms. The average Bonchev–Trinajstić information content (AvgIpc) is 2.87. The molecule has 0 saturated carbocycles. The van der Waals surface area contributed by atoms with Gasteiger partial charge in [-0.15, -0.1) is 0 Å². The van der Waals surface area contributed by atoms with E-state index >= 15 is 0 Å². The molecule has 1 saturated heterocycles. The van der Waals surface area contributed by atoms with Gasteiger partial charge in [0.25, 0.3) is 0 Å². The van der Waals surface area contributed by atoms with E-state index in [9.17, 15) is 9.90 Å². The van der Waals surface area contributed by atoms with Crippen LogP contribution in [0, 0.1) is 0 Å². The quantitative estimate of drug-likeness (QED) is 0.913. The van der Waals surface area contributed by atoms with Crippen LogP contribution >= 0.6 is 15.9 Å². The lowest BCUT2D eigenvalue weighted by Gasteiger charge is -2.24. The molecule has 3 rings (SSSR count). The molecule has 5 nitrogen and oxygen atoms in total.